The van der Waals surface area contributed by atoms with Gasteiger partial charge < -0.3 is 14.2 Å². The molecule has 0 saturated heterocycles. The molecular weight excluding hydrogens is 322 g/mol. The van der Waals surface area contributed by atoms with Crippen LogP contribution in [0.4, 0.5) is 0 Å². The number of carbonyl (C=O) groups is 1. The number of fused-ring (bicyclic) bond motifs is 1. The summed E-state index contributed by atoms with van der Waals surface area (Å²) in [5.41, 5.74) is 1.23. The van der Waals surface area contributed by atoms with Crippen molar-refractivity contribution in [2.45, 2.75) is 19.9 Å². The molecule has 1 N–H and O–H groups in total. The average molecular weight is 341 g/mol. The fourth-order valence-electron chi connectivity index (χ4n) is 2.17. The maximum atomic E-state index is 12.4. The van der Waals surface area contributed by atoms with Gasteiger partial charge in [-0.3, -0.25) is 15.1 Å². The van der Waals surface area contributed by atoms with Crippen LogP contribution in [0.3, 0.4) is 0 Å². The molecule has 0 unspecified atom stereocenters. The Balaban J connectivity index is 1.69. The van der Waals surface area contributed by atoms with Gasteiger partial charge >= 0.3 is 0 Å². The van der Waals surface area contributed by atoms with Gasteiger partial charge in [0.05, 0.1) is 18.8 Å². The molecule has 130 valence electrons. The largest absolute Gasteiger partial charge is 0.465 e. The molecule has 0 saturated carbocycles. The summed E-state index contributed by atoms with van der Waals surface area (Å²) in [4.78, 5) is 21.0. The molecule has 2 aromatic rings. The molecule has 0 aliphatic carbocycles. The second kappa shape index (κ2) is 8.14. The van der Waals surface area contributed by atoms with Crippen LogP contribution in [0.15, 0.2) is 47.6 Å². The molecule has 0 atom stereocenters. The number of hydrogen-bond donors (Lipinski definition) is 1. The molecule has 25 heavy (non-hydrogen) atoms. The van der Waals surface area contributed by atoms with E-state index in [-0.39, 0.29) is 18.7 Å². The number of nitrogens with zero attached hydrogens (tertiary/aromatic N) is 2. The molecule has 7 nitrogen and oxygen atoms in total. The van der Waals surface area contributed by atoms with Crippen LogP contribution in [-0.4, -0.2) is 30.3 Å². The summed E-state index contributed by atoms with van der Waals surface area (Å²) in [5, 5.41) is 2.69. The summed E-state index contributed by atoms with van der Waals surface area (Å²) in [6.07, 6.45) is 2.51. The minimum absolute atomic E-state index is 0.163. The normalized spacial score (nSPS) is 12.8. The van der Waals surface area contributed by atoms with Crippen LogP contribution in [0.5, 0.6) is 11.5 Å². The Morgan fingerprint density at radius 3 is 2.96 bits per heavy atom. The summed E-state index contributed by atoms with van der Waals surface area (Å²) >= 11 is 0. The van der Waals surface area contributed by atoms with Gasteiger partial charge in [0.15, 0.2) is 11.5 Å². The molecule has 1 amide bonds. The van der Waals surface area contributed by atoms with E-state index in [1.54, 1.807) is 24.4 Å². The van der Waals surface area contributed by atoms with Crippen LogP contribution in [0, 0.1) is 0 Å². The maximum Gasteiger partial charge on any atom is 0.292 e. The van der Waals surface area contributed by atoms with E-state index in [1.165, 1.54) is 0 Å². The molecule has 0 spiro atoms. The lowest BCUT2D eigenvalue weighted by Crippen LogP contribution is -2.33. The second-order valence-electron chi connectivity index (χ2n) is 5.31. The molecule has 7 heteroatoms. The molecule has 1 aliphatic rings. The van der Waals surface area contributed by atoms with Crippen LogP contribution < -0.4 is 14.8 Å². The van der Waals surface area contributed by atoms with Gasteiger partial charge in [0.25, 0.3) is 11.9 Å². The lowest BCUT2D eigenvalue weighted by atomic mass is 10.2. The Bertz CT molecular complexity index is 762. The van der Waals surface area contributed by atoms with Crippen molar-refractivity contribution in [1.82, 2.24) is 10.3 Å². The number of ether oxygens (including phenoxy) is 3. The SMILES string of the molecule is CCCOC(=NCc1ccccn1)NC(=O)c1ccc2c(c1)OCO2. The Labute approximate surface area is 145 Å². The first-order valence-corrected chi connectivity index (χ1v) is 8.04. The zero-order chi connectivity index (χ0) is 17.5. The van der Waals surface area contributed by atoms with E-state index in [9.17, 15) is 4.79 Å². The first kappa shape index (κ1) is 16.8. The number of amidine groups is 1. The molecule has 1 aromatic carbocycles. The van der Waals surface area contributed by atoms with E-state index in [4.69, 9.17) is 14.2 Å². The first-order valence-electron chi connectivity index (χ1n) is 8.04. The van der Waals surface area contributed by atoms with Gasteiger partial charge in [0, 0.05) is 11.8 Å². The van der Waals surface area contributed by atoms with E-state index in [0.29, 0.717) is 30.2 Å². The molecular formula is C18H19N3O4. The molecule has 3 rings (SSSR count). The Morgan fingerprint density at radius 1 is 1.28 bits per heavy atom. The summed E-state index contributed by atoms with van der Waals surface area (Å²) in [7, 11) is 0. The Hall–Kier alpha value is -3.09. The molecule has 1 aromatic heterocycles. The van der Waals surface area contributed by atoms with Crippen LogP contribution in [0.2, 0.25) is 0 Å². The van der Waals surface area contributed by atoms with Crippen molar-refractivity contribution in [3.63, 3.8) is 0 Å². The van der Waals surface area contributed by atoms with Crippen molar-refractivity contribution in [2.75, 3.05) is 13.4 Å². The van der Waals surface area contributed by atoms with Gasteiger partial charge in [0.2, 0.25) is 6.79 Å². The van der Waals surface area contributed by atoms with Crippen LogP contribution in [-0.2, 0) is 11.3 Å². The highest BCUT2D eigenvalue weighted by Crippen LogP contribution is 2.32. The van der Waals surface area contributed by atoms with Gasteiger partial charge in [0.1, 0.15) is 0 Å². The van der Waals surface area contributed by atoms with Gasteiger partial charge in [-0.05, 0) is 36.8 Å². The van der Waals surface area contributed by atoms with E-state index < -0.39 is 0 Å². The predicted octanol–water partition coefficient (Wildman–Crippen LogP) is 2.52. The monoisotopic (exact) mass is 341 g/mol. The standard InChI is InChI=1S/C18H19N3O4/c1-2-9-23-18(20-11-14-5-3-4-8-19-14)21-17(22)13-6-7-15-16(10-13)25-12-24-15/h3-8,10H,2,9,11-12H2,1H3,(H,20,21,22). The number of carbonyl (C=O) groups excluding carboxylic acids is 1. The van der Waals surface area contributed by atoms with Crippen molar-refractivity contribution in [3.8, 4) is 11.5 Å². The number of amides is 1. The number of rotatable bonds is 5. The lowest BCUT2D eigenvalue weighted by Gasteiger charge is -2.10. The predicted molar refractivity (Wildman–Crippen MR) is 91.7 cm³/mol. The van der Waals surface area contributed by atoms with Crippen LogP contribution in [0.1, 0.15) is 29.4 Å². The first-order chi connectivity index (χ1) is 12.3. The topological polar surface area (TPSA) is 82.0 Å². The molecule has 2 heterocycles. The van der Waals surface area contributed by atoms with Crippen molar-refractivity contribution < 1.29 is 19.0 Å². The summed E-state index contributed by atoms with van der Waals surface area (Å²) < 4.78 is 16.1. The fraction of sp³-hybridized carbons (Fsp3) is 0.278. The highest BCUT2D eigenvalue weighted by molar-refractivity contribution is 6.04. The van der Waals surface area contributed by atoms with Gasteiger partial charge in [-0.25, -0.2) is 4.99 Å². The van der Waals surface area contributed by atoms with Crippen molar-refractivity contribution in [3.05, 3.63) is 53.9 Å². The molecule has 1 aliphatic heterocycles. The minimum atomic E-state index is -0.325. The van der Waals surface area contributed by atoms with Gasteiger partial charge in [-0.15, -0.1) is 0 Å². The minimum Gasteiger partial charge on any atom is -0.465 e. The zero-order valence-corrected chi connectivity index (χ0v) is 13.9. The Kier molecular flexibility index (Phi) is 5.46. The zero-order valence-electron chi connectivity index (χ0n) is 13.9. The number of nitrogens with one attached hydrogen (secondary N) is 1. The molecule has 0 bridgehead atoms. The number of benzene rings is 1. The molecule has 0 fully saturated rings. The van der Waals surface area contributed by atoms with Crippen molar-refractivity contribution in [2.24, 2.45) is 4.99 Å². The van der Waals surface area contributed by atoms with Gasteiger partial charge in [-0.2, -0.15) is 0 Å². The third-order valence-corrected chi connectivity index (χ3v) is 3.41. The smallest absolute Gasteiger partial charge is 0.292 e. The summed E-state index contributed by atoms with van der Waals surface area (Å²) in [6.45, 7) is 2.93. The fourth-order valence-corrected chi connectivity index (χ4v) is 2.17. The average Bonchev–Trinajstić information content (AvgIpc) is 3.12. The van der Waals surface area contributed by atoms with Crippen molar-refractivity contribution in [1.29, 1.82) is 0 Å². The number of aliphatic imine (C=N–C) groups is 1. The third kappa shape index (κ3) is 4.47. The van der Waals surface area contributed by atoms with Crippen LogP contribution in [0.25, 0.3) is 0 Å². The Morgan fingerprint density at radius 2 is 2.16 bits per heavy atom. The maximum absolute atomic E-state index is 12.4. The van der Waals surface area contributed by atoms with E-state index in [2.05, 4.69) is 15.3 Å². The van der Waals surface area contributed by atoms with Gasteiger partial charge in [-0.1, -0.05) is 13.0 Å². The number of aromatic nitrogens is 1. The summed E-state index contributed by atoms with van der Waals surface area (Å²) in [6, 6.07) is 10.8. The third-order valence-electron chi connectivity index (χ3n) is 3.41. The second-order valence-corrected chi connectivity index (χ2v) is 5.31. The highest BCUT2D eigenvalue weighted by Gasteiger charge is 2.17. The van der Waals surface area contributed by atoms with E-state index >= 15 is 0 Å². The molecule has 0 radical (unpaired) electrons. The van der Waals surface area contributed by atoms with Crippen molar-refractivity contribution >= 4 is 11.9 Å². The van der Waals surface area contributed by atoms with E-state index in [1.807, 2.05) is 25.1 Å². The lowest BCUT2D eigenvalue weighted by molar-refractivity contribution is 0.0965. The highest BCUT2D eigenvalue weighted by atomic mass is 16.7. The number of hydrogen-bond acceptors (Lipinski definition) is 6. The van der Waals surface area contributed by atoms with E-state index in [0.717, 1.165) is 12.1 Å². The quantitative estimate of drug-likeness (QED) is 0.667. The summed E-state index contributed by atoms with van der Waals surface area (Å²) in [5.74, 6) is 0.853. The number of pyridine rings is 1. The van der Waals surface area contributed by atoms with Crippen LogP contribution >= 0.6 is 0 Å².